The van der Waals surface area contributed by atoms with E-state index in [1.165, 1.54) is 0 Å². The van der Waals surface area contributed by atoms with Crippen LogP contribution in [0.25, 0.3) is 0 Å². The molecule has 1 aromatic carbocycles. The maximum absolute atomic E-state index is 12.5. The predicted octanol–water partition coefficient (Wildman–Crippen LogP) is 2.53. The number of piperidine rings is 1. The van der Waals surface area contributed by atoms with E-state index in [1.54, 1.807) is 11.8 Å². The van der Waals surface area contributed by atoms with E-state index in [1.807, 2.05) is 35.4 Å². The van der Waals surface area contributed by atoms with E-state index in [0.29, 0.717) is 31.5 Å². The number of hydrogen-bond acceptors (Lipinski definition) is 4. The van der Waals surface area contributed by atoms with Gasteiger partial charge in [-0.3, -0.25) is 4.79 Å². The van der Waals surface area contributed by atoms with Crippen molar-refractivity contribution in [3.8, 4) is 0 Å². The van der Waals surface area contributed by atoms with Crippen LogP contribution in [0.2, 0.25) is 0 Å². The quantitative estimate of drug-likeness (QED) is 0.370. The van der Waals surface area contributed by atoms with Crippen molar-refractivity contribution in [2.24, 2.45) is 10.9 Å². The number of thioether (sulfide) groups is 1. The normalized spacial score (nSPS) is 18.6. The molecule has 0 aliphatic carbocycles. The lowest BCUT2D eigenvalue weighted by Crippen LogP contribution is -2.51. The van der Waals surface area contributed by atoms with E-state index in [2.05, 4.69) is 21.1 Å². The first-order valence-electron chi connectivity index (χ1n) is 6.60. The van der Waals surface area contributed by atoms with Crippen molar-refractivity contribution in [2.45, 2.75) is 17.6 Å². The number of oxime groups is 1. The van der Waals surface area contributed by atoms with E-state index in [4.69, 9.17) is 10.9 Å². The van der Waals surface area contributed by atoms with Gasteiger partial charge >= 0.3 is 0 Å². The van der Waals surface area contributed by atoms with Crippen LogP contribution < -0.4 is 5.73 Å². The van der Waals surface area contributed by atoms with Gasteiger partial charge in [0.15, 0.2) is 5.84 Å². The minimum atomic E-state index is -0.372. The molecule has 2 rings (SSSR count). The fraction of sp³-hybridized carbons (Fsp3) is 0.429. The van der Waals surface area contributed by atoms with Crippen molar-refractivity contribution in [2.75, 3.05) is 19.3 Å². The Labute approximate surface area is 136 Å². The lowest BCUT2D eigenvalue weighted by Gasteiger charge is -2.39. The highest BCUT2D eigenvalue weighted by Gasteiger charge is 2.39. The average Bonchev–Trinajstić information content (AvgIpc) is 2.53. The summed E-state index contributed by atoms with van der Waals surface area (Å²) in [5, 5.41) is 12.1. The van der Waals surface area contributed by atoms with Crippen LogP contribution in [0.5, 0.6) is 0 Å². The van der Waals surface area contributed by atoms with E-state index < -0.39 is 0 Å². The van der Waals surface area contributed by atoms with Crippen LogP contribution in [0.1, 0.15) is 23.2 Å². The third-order valence-corrected chi connectivity index (χ3v) is 5.79. The van der Waals surface area contributed by atoms with Crippen LogP contribution in [0.4, 0.5) is 0 Å². The summed E-state index contributed by atoms with van der Waals surface area (Å²) < 4.78 is 0.517. The van der Waals surface area contributed by atoms with E-state index in [0.717, 1.165) is 4.47 Å². The molecule has 0 bridgehead atoms. The van der Waals surface area contributed by atoms with Crippen LogP contribution in [0.3, 0.4) is 0 Å². The zero-order chi connectivity index (χ0) is 15.5. The number of hydrogen-bond donors (Lipinski definition) is 2. The lowest BCUT2D eigenvalue weighted by molar-refractivity contribution is 0.0718. The second-order valence-corrected chi connectivity index (χ2v) is 7.09. The summed E-state index contributed by atoms with van der Waals surface area (Å²) in [5.74, 6) is 0.259. The summed E-state index contributed by atoms with van der Waals surface area (Å²) in [5.41, 5.74) is 6.49. The smallest absolute Gasteiger partial charge is 0.253 e. The number of benzene rings is 1. The van der Waals surface area contributed by atoms with Crippen LogP contribution in [-0.2, 0) is 0 Å². The second kappa shape index (κ2) is 6.70. The highest BCUT2D eigenvalue weighted by Crippen LogP contribution is 2.35. The van der Waals surface area contributed by atoms with Crippen molar-refractivity contribution >= 4 is 39.4 Å². The Morgan fingerprint density at radius 3 is 2.67 bits per heavy atom. The Morgan fingerprint density at radius 2 is 2.14 bits per heavy atom. The van der Waals surface area contributed by atoms with Crippen molar-refractivity contribution in [1.29, 1.82) is 0 Å². The number of carbonyl (C=O) groups is 1. The molecular formula is C14H18BrN3O2S. The molecule has 114 valence electrons. The number of rotatable bonds is 3. The van der Waals surface area contributed by atoms with Crippen molar-refractivity contribution in [3.05, 3.63) is 34.3 Å². The Morgan fingerprint density at radius 1 is 1.48 bits per heavy atom. The van der Waals surface area contributed by atoms with Gasteiger partial charge in [-0.25, -0.2) is 0 Å². The SMILES string of the molecule is CSC1(C(N)=NO)CCN(C(=O)c2cccc(Br)c2)CC1. The summed E-state index contributed by atoms with van der Waals surface area (Å²) >= 11 is 4.95. The first-order valence-corrected chi connectivity index (χ1v) is 8.62. The van der Waals surface area contributed by atoms with Crippen molar-refractivity contribution < 1.29 is 10.0 Å². The Bertz CT molecular complexity index is 557. The van der Waals surface area contributed by atoms with Gasteiger partial charge in [-0.15, -0.1) is 0 Å². The number of carbonyl (C=O) groups excluding carboxylic acids is 1. The van der Waals surface area contributed by atoms with Crippen LogP contribution >= 0.6 is 27.7 Å². The summed E-state index contributed by atoms with van der Waals surface area (Å²) in [6.07, 6.45) is 3.32. The van der Waals surface area contributed by atoms with Crippen LogP contribution in [0, 0.1) is 0 Å². The fourth-order valence-electron chi connectivity index (χ4n) is 2.53. The summed E-state index contributed by atoms with van der Waals surface area (Å²) in [6.45, 7) is 1.20. The molecule has 1 amide bonds. The zero-order valence-corrected chi connectivity index (χ0v) is 14.2. The third kappa shape index (κ3) is 3.35. The van der Waals surface area contributed by atoms with Gasteiger partial charge in [0.05, 0.1) is 4.75 Å². The van der Waals surface area contributed by atoms with Gasteiger partial charge in [0, 0.05) is 23.1 Å². The Kier molecular flexibility index (Phi) is 5.16. The molecule has 3 N–H and O–H groups in total. The maximum Gasteiger partial charge on any atom is 0.253 e. The molecule has 21 heavy (non-hydrogen) atoms. The molecule has 1 aliphatic heterocycles. The molecule has 0 aromatic heterocycles. The molecular weight excluding hydrogens is 354 g/mol. The fourth-order valence-corrected chi connectivity index (χ4v) is 3.77. The maximum atomic E-state index is 12.5. The summed E-state index contributed by atoms with van der Waals surface area (Å²) in [6, 6.07) is 7.38. The molecule has 0 spiro atoms. The number of nitrogens with two attached hydrogens (primary N) is 1. The van der Waals surface area contributed by atoms with E-state index >= 15 is 0 Å². The second-order valence-electron chi connectivity index (χ2n) is 4.99. The van der Waals surface area contributed by atoms with Crippen LogP contribution in [0.15, 0.2) is 33.9 Å². The highest BCUT2D eigenvalue weighted by atomic mass is 79.9. The van der Waals surface area contributed by atoms with E-state index in [-0.39, 0.29) is 16.5 Å². The molecule has 1 heterocycles. The molecule has 1 aliphatic rings. The van der Waals surface area contributed by atoms with E-state index in [9.17, 15) is 4.79 Å². The molecule has 5 nitrogen and oxygen atoms in total. The van der Waals surface area contributed by atoms with Gasteiger partial charge in [-0.2, -0.15) is 11.8 Å². The number of amidine groups is 1. The molecule has 7 heteroatoms. The van der Waals surface area contributed by atoms with Gasteiger partial charge in [0.25, 0.3) is 5.91 Å². The topological polar surface area (TPSA) is 78.9 Å². The Balaban J connectivity index is 2.09. The largest absolute Gasteiger partial charge is 0.409 e. The Hall–Kier alpha value is -1.21. The number of likely N-dealkylation sites (tertiary alicyclic amines) is 1. The van der Waals surface area contributed by atoms with Crippen molar-refractivity contribution in [3.63, 3.8) is 0 Å². The van der Waals surface area contributed by atoms with Gasteiger partial charge in [-0.05, 0) is 37.3 Å². The first kappa shape index (κ1) is 16.2. The minimum Gasteiger partial charge on any atom is -0.409 e. The molecule has 0 unspecified atom stereocenters. The standard InChI is InChI=1S/C14H18BrN3O2S/c1-21-14(13(16)17-20)5-7-18(8-6-14)12(19)10-3-2-4-11(15)9-10/h2-4,9,20H,5-8H2,1H3,(H2,16,17). The number of amides is 1. The molecule has 0 atom stereocenters. The average molecular weight is 372 g/mol. The monoisotopic (exact) mass is 371 g/mol. The summed E-state index contributed by atoms with van der Waals surface area (Å²) in [4.78, 5) is 14.3. The zero-order valence-electron chi connectivity index (χ0n) is 11.8. The first-order chi connectivity index (χ1) is 10.0. The highest BCUT2D eigenvalue weighted by molar-refractivity contribution is 9.10. The molecule has 0 saturated carbocycles. The molecule has 0 radical (unpaired) electrons. The molecule has 1 saturated heterocycles. The van der Waals surface area contributed by atoms with Gasteiger partial charge in [0.2, 0.25) is 0 Å². The molecule has 1 aromatic rings. The lowest BCUT2D eigenvalue weighted by atomic mass is 9.94. The molecule has 1 fully saturated rings. The predicted molar refractivity (Wildman–Crippen MR) is 88.9 cm³/mol. The minimum absolute atomic E-state index is 0.0190. The third-order valence-electron chi connectivity index (χ3n) is 3.90. The number of nitrogens with zero attached hydrogens (tertiary/aromatic N) is 2. The van der Waals surface area contributed by atoms with Gasteiger partial charge < -0.3 is 15.8 Å². The van der Waals surface area contributed by atoms with Gasteiger partial charge in [-0.1, -0.05) is 27.2 Å². The summed E-state index contributed by atoms with van der Waals surface area (Å²) in [7, 11) is 0. The van der Waals surface area contributed by atoms with Gasteiger partial charge in [0.1, 0.15) is 0 Å². The van der Waals surface area contributed by atoms with Crippen LogP contribution in [-0.4, -0.2) is 45.9 Å². The number of halogens is 1. The van der Waals surface area contributed by atoms with Crippen molar-refractivity contribution in [1.82, 2.24) is 4.90 Å².